The maximum atomic E-state index is 11.4. The van der Waals surface area contributed by atoms with Crippen LogP contribution in [0.3, 0.4) is 0 Å². The summed E-state index contributed by atoms with van der Waals surface area (Å²) in [4.78, 5) is 20.9. The number of hydrazone groups is 1. The van der Waals surface area contributed by atoms with Crippen LogP contribution < -0.4 is 5.43 Å². The lowest BCUT2D eigenvalue weighted by Gasteiger charge is -2.09. The molecule has 10 heteroatoms. The fraction of sp³-hybridized carbons (Fsp3) is 0.0952. The molecule has 3 rings (SSSR count). The molecule has 0 aliphatic rings. The standard InChI is InChI=1S/C21H16Cl2N4O4/c22-16-5-1-14(2-6-16)11-18(12-15-3-7-17(23)8-4-15)24-25-20-10-9-19(26(28)29)13-21(20)27(30)31/h1-10,13,25H,11-12H2. The number of nitro benzene ring substituents is 2. The van der Waals surface area contributed by atoms with E-state index in [-0.39, 0.29) is 11.4 Å². The molecule has 0 unspecified atom stereocenters. The minimum atomic E-state index is -0.692. The van der Waals surface area contributed by atoms with Crippen molar-refractivity contribution in [2.45, 2.75) is 12.8 Å². The van der Waals surface area contributed by atoms with Crippen LogP contribution in [0.2, 0.25) is 10.0 Å². The molecule has 0 bridgehead atoms. The van der Waals surface area contributed by atoms with Crippen molar-refractivity contribution < 1.29 is 9.85 Å². The molecule has 0 saturated heterocycles. The molecule has 0 aliphatic heterocycles. The van der Waals surface area contributed by atoms with Gasteiger partial charge in [0.05, 0.1) is 15.9 Å². The Hall–Kier alpha value is -3.49. The number of nitrogens with one attached hydrogen (secondary N) is 1. The van der Waals surface area contributed by atoms with E-state index in [9.17, 15) is 20.2 Å². The Morgan fingerprint density at radius 1 is 0.806 bits per heavy atom. The van der Waals surface area contributed by atoms with Crippen molar-refractivity contribution in [1.82, 2.24) is 0 Å². The van der Waals surface area contributed by atoms with Gasteiger partial charge in [0.1, 0.15) is 5.69 Å². The molecule has 0 atom stereocenters. The highest BCUT2D eigenvalue weighted by atomic mass is 35.5. The molecule has 0 spiro atoms. The van der Waals surface area contributed by atoms with Gasteiger partial charge in [-0.25, -0.2) is 0 Å². The van der Waals surface area contributed by atoms with Gasteiger partial charge in [0.15, 0.2) is 0 Å². The normalized spacial score (nSPS) is 10.4. The molecule has 0 fully saturated rings. The van der Waals surface area contributed by atoms with E-state index in [4.69, 9.17) is 23.2 Å². The molecule has 31 heavy (non-hydrogen) atoms. The smallest absolute Gasteiger partial charge is 0.272 e. The lowest BCUT2D eigenvalue weighted by molar-refractivity contribution is -0.393. The zero-order valence-corrected chi connectivity index (χ0v) is 17.5. The number of halogens is 2. The second kappa shape index (κ2) is 10.0. The number of nitro groups is 2. The van der Waals surface area contributed by atoms with Gasteiger partial charge >= 0.3 is 5.69 Å². The Morgan fingerprint density at radius 2 is 1.32 bits per heavy atom. The van der Waals surface area contributed by atoms with Gasteiger partial charge in [-0.3, -0.25) is 25.7 Å². The number of benzene rings is 3. The molecule has 0 heterocycles. The molecule has 0 radical (unpaired) electrons. The molecule has 8 nitrogen and oxygen atoms in total. The van der Waals surface area contributed by atoms with E-state index in [1.54, 1.807) is 24.3 Å². The molecule has 0 saturated carbocycles. The summed E-state index contributed by atoms with van der Waals surface area (Å²) in [6.45, 7) is 0. The molecule has 3 aromatic rings. The maximum Gasteiger partial charge on any atom is 0.301 e. The first-order valence-electron chi connectivity index (χ1n) is 9.05. The number of anilines is 1. The molecule has 1 N–H and O–H groups in total. The van der Waals surface area contributed by atoms with E-state index < -0.39 is 15.5 Å². The number of rotatable bonds is 8. The summed E-state index contributed by atoms with van der Waals surface area (Å²) in [7, 11) is 0. The van der Waals surface area contributed by atoms with Crippen molar-refractivity contribution in [3.63, 3.8) is 0 Å². The molecule has 0 amide bonds. The van der Waals surface area contributed by atoms with E-state index in [1.165, 1.54) is 12.1 Å². The Labute approximate surface area is 187 Å². The van der Waals surface area contributed by atoms with Crippen LogP contribution in [-0.4, -0.2) is 15.6 Å². The van der Waals surface area contributed by atoms with Crippen LogP contribution in [-0.2, 0) is 12.8 Å². The van der Waals surface area contributed by atoms with Crippen LogP contribution in [0, 0.1) is 20.2 Å². The maximum absolute atomic E-state index is 11.4. The van der Waals surface area contributed by atoms with Crippen LogP contribution in [0.5, 0.6) is 0 Å². The highest BCUT2D eigenvalue weighted by Crippen LogP contribution is 2.29. The fourth-order valence-corrected chi connectivity index (χ4v) is 3.09. The van der Waals surface area contributed by atoms with E-state index in [0.717, 1.165) is 17.2 Å². The SMILES string of the molecule is O=[N+]([O-])c1ccc(NN=C(Cc2ccc(Cl)cc2)Cc2ccc(Cl)cc2)c([N+](=O)[O-])c1. The van der Waals surface area contributed by atoms with Gasteiger partial charge in [0.2, 0.25) is 0 Å². The third kappa shape index (κ3) is 6.24. The average molecular weight is 459 g/mol. The van der Waals surface area contributed by atoms with Gasteiger partial charge in [-0.1, -0.05) is 47.5 Å². The Kier molecular flexibility index (Phi) is 7.17. The molecule has 0 aliphatic carbocycles. The fourth-order valence-electron chi connectivity index (χ4n) is 2.84. The summed E-state index contributed by atoms with van der Waals surface area (Å²) in [6.07, 6.45) is 0.932. The topological polar surface area (TPSA) is 111 Å². The average Bonchev–Trinajstić information content (AvgIpc) is 2.75. The summed E-state index contributed by atoms with van der Waals surface area (Å²) in [5.41, 5.74) is 4.55. The Morgan fingerprint density at radius 3 is 1.77 bits per heavy atom. The van der Waals surface area contributed by atoms with Crippen LogP contribution in [0.25, 0.3) is 0 Å². The summed E-state index contributed by atoms with van der Waals surface area (Å²) >= 11 is 11.9. The number of hydrogen-bond donors (Lipinski definition) is 1. The van der Waals surface area contributed by atoms with Crippen molar-refractivity contribution >= 4 is 46.0 Å². The minimum Gasteiger partial charge on any atom is -0.272 e. The van der Waals surface area contributed by atoms with Crippen molar-refractivity contribution in [2.75, 3.05) is 5.43 Å². The largest absolute Gasteiger partial charge is 0.301 e. The predicted molar refractivity (Wildman–Crippen MR) is 121 cm³/mol. The highest BCUT2D eigenvalue weighted by molar-refractivity contribution is 6.30. The van der Waals surface area contributed by atoms with E-state index >= 15 is 0 Å². The highest BCUT2D eigenvalue weighted by Gasteiger charge is 2.19. The van der Waals surface area contributed by atoms with Crippen molar-refractivity contribution in [1.29, 1.82) is 0 Å². The quantitative estimate of drug-likeness (QED) is 0.250. The summed E-state index contributed by atoms with van der Waals surface area (Å²) < 4.78 is 0. The van der Waals surface area contributed by atoms with Gasteiger partial charge in [0.25, 0.3) is 5.69 Å². The van der Waals surface area contributed by atoms with Crippen LogP contribution in [0.15, 0.2) is 71.8 Å². The second-order valence-corrected chi connectivity index (χ2v) is 7.48. The summed E-state index contributed by atoms with van der Waals surface area (Å²) in [5, 5.41) is 27.9. The first kappa shape index (κ1) is 22.2. The van der Waals surface area contributed by atoms with Crippen LogP contribution in [0.1, 0.15) is 11.1 Å². The van der Waals surface area contributed by atoms with Crippen molar-refractivity contribution in [2.24, 2.45) is 5.10 Å². The summed E-state index contributed by atoms with van der Waals surface area (Å²) in [6, 6.07) is 17.9. The first-order chi connectivity index (χ1) is 14.8. The predicted octanol–water partition coefficient (Wildman–Crippen LogP) is 6.06. The molecule has 158 valence electrons. The van der Waals surface area contributed by atoms with E-state index in [0.29, 0.717) is 28.6 Å². The molecule has 3 aromatic carbocycles. The Bertz CT molecular complexity index is 1080. The van der Waals surface area contributed by atoms with Crippen LogP contribution in [0.4, 0.5) is 17.1 Å². The zero-order valence-electron chi connectivity index (χ0n) is 16.0. The number of non-ortho nitro benzene ring substituents is 1. The second-order valence-electron chi connectivity index (χ2n) is 6.61. The van der Waals surface area contributed by atoms with E-state index in [2.05, 4.69) is 10.5 Å². The van der Waals surface area contributed by atoms with Crippen molar-refractivity contribution in [3.05, 3.63) is 108 Å². The van der Waals surface area contributed by atoms with Gasteiger partial charge in [0, 0.05) is 34.7 Å². The van der Waals surface area contributed by atoms with Gasteiger partial charge < -0.3 is 0 Å². The van der Waals surface area contributed by atoms with Crippen LogP contribution >= 0.6 is 23.2 Å². The zero-order chi connectivity index (χ0) is 22.4. The lowest BCUT2D eigenvalue weighted by atomic mass is 10.0. The van der Waals surface area contributed by atoms with Gasteiger partial charge in [-0.2, -0.15) is 5.10 Å². The molecular formula is C21H16Cl2N4O4. The van der Waals surface area contributed by atoms with E-state index in [1.807, 2.05) is 24.3 Å². The van der Waals surface area contributed by atoms with Gasteiger partial charge in [-0.05, 0) is 41.5 Å². The minimum absolute atomic E-state index is 0.0558. The summed E-state index contributed by atoms with van der Waals surface area (Å²) in [5.74, 6) is 0. The molecular weight excluding hydrogens is 443 g/mol. The number of nitrogens with zero attached hydrogens (tertiary/aromatic N) is 3. The third-order valence-corrected chi connectivity index (χ3v) is 4.87. The monoisotopic (exact) mass is 458 g/mol. The first-order valence-corrected chi connectivity index (χ1v) is 9.80. The molecule has 0 aromatic heterocycles. The Balaban J connectivity index is 1.90. The van der Waals surface area contributed by atoms with Gasteiger partial charge in [-0.15, -0.1) is 0 Å². The number of hydrogen-bond acceptors (Lipinski definition) is 6. The lowest BCUT2D eigenvalue weighted by Crippen LogP contribution is -2.10. The third-order valence-electron chi connectivity index (χ3n) is 4.37. The van der Waals surface area contributed by atoms with Crippen molar-refractivity contribution in [3.8, 4) is 0 Å².